The van der Waals surface area contributed by atoms with Gasteiger partial charge in [0.2, 0.25) is 0 Å². The van der Waals surface area contributed by atoms with Crippen molar-refractivity contribution in [3.05, 3.63) is 0 Å². The van der Waals surface area contributed by atoms with E-state index < -0.39 is 22.5 Å². The molecule has 0 aliphatic rings. The van der Waals surface area contributed by atoms with Gasteiger partial charge in [-0.05, 0) is 25.7 Å². The Morgan fingerprint density at radius 3 is 1.70 bits per heavy atom. The zero-order chi connectivity index (χ0) is 19.0. The predicted octanol–water partition coefficient (Wildman–Crippen LogP) is 0.962. The van der Waals surface area contributed by atoms with Crippen LogP contribution in [0.25, 0.3) is 0 Å². The molecule has 0 fully saturated rings. The molecule has 0 spiro atoms. The Labute approximate surface area is 187 Å². The van der Waals surface area contributed by atoms with Crippen molar-refractivity contribution in [1.29, 1.82) is 0 Å². The van der Waals surface area contributed by atoms with Crippen molar-refractivity contribution >= 4 is 16.4 Å². The second kappa shape index (κ2) is 21.0. The van der Waals surface area contributed by atoms with Crippen LogP contribution in [-0.4, -0.2) is 25.0 Å². The average molecular weight is 420 g/mol. The van der Waals surface area contributed by atoms with E-state index in [-0.39, 0.29) is 42.1 Å². The molecule has 4 N–H and O–H groups in total. The summed E-state index contributed by atoms with van der Waals surface area (Å²) in [7, 11) is -4.41. The van der Waals surface area contributed by atoms with Crippen LogP contribution in [0, 0.1) is 0 Å². The average Bonchev–Trinajstić information content (AvgIpc) is 2.51. The summed E-state index contributed by atoms with van der Waals surface area (Å²) in [6, 6.07) is 0. The van der Waals surface area contributed by atoms with Crippen LogP contribution >= 0.6 is 0 Å². The number of hydrogen-bond donors (Lipinski definition) is 2. The Bertz CT molecular complexity index is 434. The molecule has 1 atom stereocenters. The third-order valence-electron chi connectivity index (χ3n) is 4.29. The first-order valence-electron chi connectivity index (χ1n) is 9.70. The first-order valence-corrected chi connectivity index (χ1v) is 11.1. The van der Waals surface area contributed by atoms with E-state index in [1.165, 1.54) is 25.7 Å². The molecule has 9 heteroatoms. The fraction of sp³-hybridized carbons (Fsp3) is 0.944. The molecule has 0 aromatic carbocycles. The molecule has 0 saturated carbocycles. The van der Waals surface area contributed by atoms with Gasteiger partial charge in [0.1, 0.15) is 0 Å². The van der Waals surface area contributed by atoms with Gasteiger partial charge in [-0.1, -0.05) is 77.6 Å². The molecule has 0 bridgehead atoms. The Morgan fingerprint density at radius 2 is 1.30 bits per heavy atom. The van der Waals surface area contributed by atoms with Gasteiger partial charge in [-0.15, -0.1) is 0 Å². The van der Waals surface area contributed by atoms with Crippen molar-refractivity contribution < 1.29 is 56.6 Å². The van der Waals surface area contributed by atoms with Crippen molar-refractivity contribution in [2.45, 2.75) is 109 Å². The molecule has 158 valence electrons. The molecule has 0 aliphatic heterocycles. The van der Waals surface area contributed by atoms with Crippen molar-refractivity contribution in [1.82, 2.24) is 6.15 Å². The number of carboxylic acid groups (broad SMARTS) is 1. The molecule has 0 aromatic rings. The molecular weight excluding hydrogens is 381 g/mol. The van der Waals surface area contributed by atoms with E-state index in [9.17, 15) is 18.3 Å². The minimum absolute atomic E-state index is 0. The molecule has 0 aliphatic carbocycles. The normalized spacial score (nSPS) is 12.1. The van der Waals surface area contributed by atoms with Gasteiger partial charge in [0, 0.05) is 5.97 Å². The summed E-state index contributed by atoms with van der Waals surface area (Å²) in [6.45, 7) is 2.18. The van der Waals surface area contributed by atoms with Crippen molar-refractivity contribution in [2.24, 2.45) is 0 Å². The van der Waals surface area contributed by atoms with Gasteiger partial charge in [-0.3, -0.25) is 4.55 Å². The molecule has 0 heterocycles. The van der Waals surface area contributed by atoms with Crippen LogP contribution in [-0.2, 0) is 19.4 Å². The van der Waals surface area contributed by atoms with Crippen LogP contribution in [0.4, 0.5) is 0 Å². The fourth-order valence-corrected chi connectivity index (χ4v) is 3.45. The molecule has 0 saturated heterocycles. The van der Waals surface area contributed by atoms with Crippen LogP contribution in [0.15, 0.2) is 0 Å². The van der Waals surface area contributed by atoms with Gasteiger partial charge < -0.3 is 16.1 Å². The van der Waals surface area contributed by atoms with Crippen molar-refractivity contribution in [2.75, 3.05) is 0 Å². The largest absolute Gasteiger partial charge is 1.00 e. The van der Waals surface area contributed by atoms with Gasteiger partial charge >= 0.3 is 40.0 Å². The minimum atomic E-state index is -4.41. The van der Waals surface area contributed by atoms with Crippen molar-refractivity contribution in [3.63, 3.8) is 0 Å². The van der Waals surface area contributed by atoms with Crippen molar-refractivity contribution in [3.8, 4) is 0 Å². The number of unbranched alkanes of at least 4 members (excludes halogenated alkanes) is 10. The van der Waals surface area contributed by atoms with Crippen LogP contribution in [0.1, 0.15) is 103 Å². The molecule has 0 amide bonds. The summed E-state index contributed by atoms with van der Waals surface area (Å²) in [6.07, 6.45) is 13.0. The van der Waals surface area contributed by atoms with Gasteiger partial charge in [0.05, 0.1) is 6.10 Å². The van der Waals surface area contributed by atoms with Crippen LogP contribution in [0.3, 0.4) is 0 Å². The van der Waals surface area contributed by atoms with Gasteiger partial charge in [0.25, 0.3) is 0 Å². The summed E-state index contributed by atoms with van der Waals surface area (Å²) in [5.74, 6) is -1.02. The van der Waals surface area contributed by atoms with Crippen LogP contribution in [0.5, 0.6) is 0 Å². The number of hydrogen-bond acceptors (Lipinski definition) is 6. The number of carboxylic acids is 1. The zero-order valence-corrected chi connectivity index (χ0v) is 20.1. The molecule has 1 unspecified atom stereocenters. The Kier molecular flexibility index (Phi) is 24.9. The van der Waals surface area contributed by atoms with E-state index in [1.54, 1.807) is 0 Å². The number of rotatable bonds is 18. The summed E-state index contributed by atoms with van der Waals surface area (Å²) in [5, 5.41) is 10.3. The zero-order valence-electron chi connectivity index (χ0n) is 17.3. The first-order chi connectivity index (χ1) is 11.8. The maximum atomic E-state index is 11.0. The van der Waals surface area contributed by atoms with E-state index in [0.29, 0.717) is 19.3 Å². The molecule has 0 aromatic heterocycles. The van der Waals surface area contributed by atoms with E-state index in [0.717, 1.165) is 44.9 Å². The van der Waals surface area contributed by atoms with E-state index in [2.05, 4.69) is 6.92 Å². The summed E-state index contributed by atoms with van der Waals surface area (Å²) in [5.41, 5.74) is 0. The van der Waals surface area contributed by atoms with Crippen LogP contribution < -0.4 is 40.8 Å². The predicted molar refractivity (Wildman–Crippen MR) is 101 cm³/mol. The third-order valence-corrected chi connectivity index (χ3v) is 4.81. The Morgan fingerprint density at radius 1 is 0.889 bits per heavy atom. The molecular formula is C18H38NNaO6S. The second-order valence-electron chi connectivity index (χ2n) is 6.73. The Hall–Kier alpha value is 0.300. The smallest absolute Gasteiger partial charge is 0.550 e. The minimum Gasteiger partial charge on any atom is -0.550 e. The standard InChI is InChI=1S/C18H36O6S.H3N.Na/c1-2-3-4-5-6-8-11-14-17(24-25(21,22)23)15-12-9-7-10-13-16-18(19)20;;/h17H,2-16H2,1H3,(H,19,20)(H,21,22,23);1H3;/q;;+1/p-1. The SMILES string of the molecule is CCCCCCCCCC(CCCCCCCC(=O)[O-])OS(=O)(=O)O.N.[Na+]. The number of carbonyl (C=O) groups excluding carboxylic acids is 1. The number of aliphatic carboxylic acids is 1. The maximum Gasteiger partial charge on any atom is 1.00 e. The molecule has 0 rings (SSSR count). The van der Waals surface area contributed by atoms with Crippen LogP contribution in [0.2, 0.25) is 0 Å². The van der Waals surface area contributed by atoms with E-state index >= 15 is 0 Å². The second-order valence-corrected chi connectivity index (χ2v) is 7.78. The first kappa shape index (κ1) is 32.0. The quantitative estimate of drug-likeness (QED) is 0.192. The number of carbonyl (C=O) groups is 1. The summed E-state index contributed by atoms with van der Waals surface area (Å²) >= 11 is 0. The summed E-state index contributed by atoms with van der Waals surface area (Å²) < 4.78 is 35.6. The van der Waals surface area contributed by atoms with E-state index in [4.69, 9.17) is 8.74 Å². The monoisotopic (exact) mass is 419 g/mol. The maximum absolute atomic E-state index is 11.0. The fourth-order valence-electron chi connectivity index (χ4n) is 2.91. The molecule has 0 radical (unpaired) electrons. The third kappa shape index (κ3) is 26.3. The van der Waals surface area contributed by atoms with Gasteiger partial charge in [-0.25, -0.2) is 4.18 Å². The molecule has 7 nitrogen and oxygen atoms in total. The van der Waals surface area contributed by atoms with Gasteiger partial charge in [0.15, 0.2) is 0 Å². The topological polar surface area (TPSA) is 139 Å². The van der Waals surface area contributed by atoms with E-state index in [1.807, 2.05) is 0 Å². The van der Waals surface area contributed by atoms with Gasteiger partial charge in [-0.2, -0.15) is 8.42 Å². The Balaban J connectivity index is -0.00000288. The summed E-state index contributed by atoms with van der Waals surface area (Å²) in [4.78, 5) is 10.3. The molecule has 27 heavy (non-hydrogen) atoms.